The molecule has 178 valence electrons. The quantitative estimate of drug-likeness (QED) is 0.554. The molecule has 0 aliphatic heterocycles. The summed E-state index contributed by atoms with van der Waals surface area (Å²) in [4.78, 5) is 40.0. The van der Waals surface area contributed by atoms with Crippen molar-refractivity contribution in [1.29, 1.82) is 0 Å². The first-order valence-corrected chi connectivity index (χ1v) is 10.9. The van der Waals surface area contributed by atoms with E-state index in [2.05, 4.69) is 10.6 Å². The first-order chi connectivity index (χ1) is 15.5. The molecule has 0 heterocycles. The fourth-order valence-corrected chi connectivity index (χ4v) is 3.29. The van der Waals surface area contributed by atoms with Gasteiger partial charge in [-0.05, 0) is 51.8 Å². The van der Waals surface area contributed by atoms with Crippen molar-refractivity contribution >= 4 is 23.6 Å². The monoisotopic (exact) mass is 455 g/mol. The van der Waals surface area contributed by atoms with E-state index in [1.165, 1.54) is 11.0 Å². The number of alkyl carbamates (subject to hydrolysis) is 1. The molecule has 3 amide bonds. The Labute approximate surface area is 194 Å². The fourth-order valence-electron chi connectivity index (χ4n) is 3.29. The van der Waals surface area contributed by atoms with E-state index in [9.17, 15) is 19.5 Å². The Morgan fingerprint density at radius 3 is 2.30 bits per heavy atom. The zero-order valence-corrected chi connectivity index (χ0v) is 19.8. The molecule has 2 aromatic rings. The van der Waals surface area contributed by atoms with Gasteiger partial charge in [0.05, 0.1) is 0 Å². The van der Waals surface area contributed by atoms with Crippen LogP contribution in [0.5, 0.6) is 5.75 Å². The Morgan fingerprint density at radius 1 is 1.06 bits per heavy atom. The van der Waals surface area contributed by atoms with Crippen molar-refractivity contribution in [1.82, 2.24) is 10.2 Å². The van der Waals surface area contributed by atoms with E-state index in [1.807, 2.05) is 26.0 Å². The number of nitrogens with zero attached hydrogens (tertiary/aromatic N) is 1. The number of carbonyl (C=O) groups excluding carboxylic acids is 3. The van der Waals surface area contributed by atoms with Gasteiger partial charge < -0.3 is 25.4 Å². The van der Waals surface area contributed by atoms with Crippen LogP contribution in [0.3, 0.4) is 0 Å². The van der Waals surface area contributed by atoms with Gasteiger partial charge in [-0.25, -0.2) is 4.79 Å². The fraction of sp³-hybridized carbons (Fsp3) is 0.400. The average molecular weight is 456 g/mol. The van der Waals surface area contributed by atoms with Crippen molar-refractivity contribution in [3.63, 3.8) is 0 Å². The highest BCUT2D eigenvalue weighted by Crippen LogP contribution is 2.30. The van der Waals surface area contributed by atoms with Crippen LogP contribution in [0.2, 0.25) is 0 Å². The minimum Gasteiger partial charge on any atom is -0.508 e. The van der Waals surface area contributed by atoms with E-state index in [-0.39, 0.29) is 18.8 Å². The standard InChI is InChI=1S/C25H33N3O5/c1-6-15-28(21(30)16-26-24(32)33-25(3,4)5)22(18-12-8-10-14-20(18)29)23(31)27-19-13-9-7-11-17(19)2/h7-14,22,29H,6,15-16H2,1-5H3,(H,26,32)(H,27,31). The minimum absolute atomic E-state index is 0.101. The first kappa shape index (κ1) is 25.7. The summed E-state index contributed by atoms with van der Waals surface area (Å²) in [5, 5.41) is 15.8. The smallest absolute Gasteiger partial charge is 0.408 e. The number of para-hydroxylation sites is 2. The van der Waals surface area contributed by atoms with Gasteiger partial charge in [-0.2, -0.15) is 0 Å². The van der Waals surface area contributed by atoms with Gasteiger partial charge in [-0.3, -0.25) is 9.59 Å². The van der Waals surface area contributed by atoms with Crippen molar-refractivity contribution in [2.75, 3.05) is 18.4 Å². The summed E-state index contributed by atoms with van der Waals surface area (Å²) in [5.74, 6) is -1.04. The second kappa shape index (κ2) is 11.4. The number of anilines is 1. The Hall–Kier alpha value is -3.55. The Bertz CT molecular complexity index is 984. The summed E-state index contributed by atoms with van der Waals surface area (Å²) in [7, 11) is 0. The number of hydrogen-bond donors (Lipinski definition) is 3. The molecule has 0 aliphatic rings. The lowest BCUT2D eigenvalue weighted by molar-refractivity contribution is -0.138. The van der Waals surface area contributed by atoms with Crippen molar-refractivity contribution in [3.8, 4) is 5.75 Å². The van der Waals surface area contributed by atoms with E-state index in [0.29, 0.717) is 17.7 Å². The zero-order valence-electron chi connectivity index (χ0n) is 19.8. The predicted octanol–water partition coefficient (Wildman–Crippen LogP) is 4.14. The molecule has 0 saturated carbocycles. The van der Waals surface area contributed by atoms with Crippen LogP contribution in [0.15, 0.2) is 48.5 Å². The predicted molar refractivity (Wildman–Crippen MR) is 127 cm³/mol. The van der Waals surface area contributed by atoms with E-state index in [1.54, 1.807) is 51.1 Å². The maximum Gasteiger partial charge on any atom is 0.408 e. The highest BCUT2D eigenvalue weighted by molar-refractivity contribution is 5.99. The van der Waals surface area contributed by atoms with E-state index in [0.717, 1.165) is 5.56 Å². The molecule has 2 rings (SSSR count). The van der Waals surface area contributed by atoms with Crippen LogP contribution in [0, 0.1) is 6.92 Å². The van der Waals surface area contributed by atoms with Crippen LogP contribution in [0.25, 0.3) is 0 Å². The molecule has 3 N–H and O–H groups in total. The molecule has 0 spiro atoms. The second-order valence-corrected chi connectivity index (χ2v) is 8.71. The number of hydrogen-bond acceptors (Lipinski definition) is 5. The molecule has 0 aliphatic carbocycles. The molecule has 0 radical (unpaired) electrons. The third-order valence-electron chi connectivity index (χ3n) is 4.76. The van der Waals surface area contributed by atoms with Gasteiger partial charge in [0, 0.05) is 17.8 Å². The number of phenolic OH excluding ortho intramolecular Hbond substituents is 1. The molecule has 0 saturated heterocycles. The number of amides is 3. The van der Waals surface area contributed by atoms with Gasteiger partial charge >= 0.3 is 6.09 Å². The van der Waals surface area contributed by atoms with Gasteiger partial charge in [0.25, 0.3) is 5.91 Å². The number of rotatable bonds is 8. The van der Waals surface area contributed by atoms with E-state index >= 15 is 0 Å². The molecule has 0 aromatic heterocycles. The van der Waals surface area contributed by atoms with Crippen LogP contribution < -0.4 is 10.6 Å². The lowest BCUT2D eigenvalue weighted by Gasteiger charge is -2.32. The third-order valence-corrected chi connectivity index (χ3v) is 4.76. The molecular formula is C25H33N3O5. The summed E-state index contributed by atoms with van der Waals surface area (Å²) >= 11 is 0. The van der Waals surface area contributed by atoms with Gasteiger partial charge in [-0.15, -0.1) is 0 Å². The summed E-state index contributed by atoms with van der Waals surface area (Å²) in [5.41, 5.74) is 1.06. The Balaban J connectivity index is 2.34. The number of benzene rings is 2. The van der Waals surface area contributed by atoms with Crippen molar-refractivity contribution in [3.05, 3.63) is 59.7 Å². The maximum atomic E-state index is 13.4. The molecule has 8 nitrogen and oxygen atoms in total. The van der Waals surface area contributed by atoms with E-state index in [4.69, 9.17) is 4.74 Å². The summed E-state index contributed by atoms with van der Waals surface area (Å²) in [6, 6.07) is 12.6. The molecule has 1 unspecified atom stereocenters. The van der Waals surface area contributed by atoms with Gasteiger partial charge in [0.2, 0.25) is 5.91 Å². The summed E-state index contributed by atoms with van der Waals surface area (Å²) < 4.78 is 5.19. The maximum absolute atomic E-state index is 13.4. The Kier molecular flexibility index (Phi) is 8.85. The SMILES string of the molecule is CCCN(C(=O)CNC(=O)OC(C)(C)C)C(C(=O)Nc1ccccc1C)c1ccccc1O. The number of carbonyl (C=O) groups is 3. The largest absolute Gasteiger partial charge is 0.508 e. The number of aromatic hydroxyl groups is 1. The topological polar surface area (TPSA) is 108 Å². The van der Waals surface area contributed by atoms with Crippen molar-refractivity contribution in [2.24, 2.45) is 0 Å². The van der Waals surface area contributed by atoms with Crippen molar-refractivity contribution < 1.29 is 24.2 Å². The molecule has 8 heteroatoms. The molecule has 2 aromatic carbocycles. The molecule has 0 fully saturated rings. The summed E-state index contributed by atoms with van der Waals surface area (Å²) in [6.07, 6.45) is -0.157. The zero-order chi connectivity index (χ0) is 24.6. The highest BCUT2D eigenvalue weighted by Gasteiger charge is 2.33. The lowest BCUT2D eigenvalue weighted by Crippen LogP contribution is -2.46. The number of phenols is 1. The molecular weight excluding hydrogens is 422 g/mol. The average Bonchev–Trinajstić information content (AvgIpc) is 2.73. The van der Waals surface area contributed by atoms with Gasteiger partial charge in [-0.1, -0.05) is 43.3 Å². The van der Waals surface area contributed by atoms with Gasteiger partial charge in [0.1, 0.15) is 23.9 Å². The van der Waals surface area contributed by atoms with Crippen molar-refractivity contribution in [2.45, 2.75) is 52.7 Å². The van der Waals surface area contributed by atoms with Gasteiger partial charge in [0.15, 0.2) is 0 Å². The van der Waals surface area contributed by atoms with E-state index < -0.39 is 29.6 Å². The second-order valence-electron chi connectivity index (χ2n) is 8.71. The van der Waals surface area contributed by atoms with Crippen LogP contribution in [-0.2, 0) is 14.3 Å². The minimum atomic E-state index is -1.10. The number of nitrogens with one attached hydrogen (secondary N) is 2. The lowest BCUT2D eigenvalue weighted by atomic mass is 10.0. The van der Waals surface area contributed by atoms with Crippen LogP contribution in [0.4, 0.5) is 10.5 Å². The van der Waals surface area contributed by atoms with Crippen LogP contribution in [0.1, 0.15) is 51.3 Å². The Morgan fingerprint density at radius 2 is 1.70 bits per heavy atom. The first-order valence-electron chi connectivity index (χ1n) is 10.9. The molecule has 1 atom stereocenters. The number of ether oxygens (including phenoxy) is 1. The highest BCUT2D eigenvalue weighted by atomic mass is 16.6. The third kappa shape index (κ3) is 7.52. The normalized spacial score (nSPS) is 11.9. The molecule has 0 bridgehead atoms. The molecule has 33 heavy (non-hydrogen) atoms. The number of aryl methyl sites for hydroxylation is 1. The van der Waals surface area contributed by atoms with Crippen LogP contribution in [-0.4, -0.2) is 46.6 Å². The summed E-state index contributed by atoms with van der Waals surface area (Å²) in [6.45, 7) is 8.81. The van der Waals surface area contributed by atoms with Crippen LogP contribution >= 0.6 is 0 Å².